The number of amides is 2. The average Bonchev–Trinajstić information content (AvgIpc) is 2.96. The maximum atomic E-state index is 12.2. The summed E-state index contributed by atoms with van der Waals surface area (Å²) in [5, 5.41) is 2.75. The molecule has 2 amide bonds. The Kier molecular flexibility index (Phi) is 4.12. The second kappa shape index (κ2) is 6.08. The van der Waals surface area contributed by atoms with Gasteiger partial charge in [-0.15, -0.1) is 0 Å². The largest absolute Gasteiger partial charge is 0.479 e. The van der Waals surface area contributed by atoms with E-state index in [9.17, 15) is 9.59 Å². The van der Waals surface area contributed by atoms with Crippen LogP contribution in [0.3, 0.4) is 0 Å². The number of carbonyl (C=O) groups excluding carboxylic acids is 2. The number of carbonyl (C=O) groups is 2. The van der Waals surface area contributed by atoms with Crippen molar-refractivity contribution in [3.8, 4) is 5.75 Å². The van der Waals surface area contributed by atoms with E-state index in [4.69, 9.17) is 9.15 Å². The van der Waals surface area contributed by atoms with Crippen molar-refractivity contribution in [2.24, 2.45) is 0 Å². The molecule has 7 heteroatoms. The van der Waals surface area contributed by atoms with Crippen molar-refractivity contribution < 1.29 is 18.7 Å². The van der Waals surface area contributed by atoms with Crippen molar-refractivity contribution in [3.05, 3.63) is 40.8 Å². The number of rotatable bonds is 3. The minimum atomic E-state index is -0.511. The molecule has 0 radical (unpaired) electrons. The van der Waals surface area contributed by atoms with E-state index in [2.05, 4.69) is 21.2 Å². The number of hydrogen-bond donors (Lipinski definition) is 1. The molecule has 120 valence electrons. The Bertz CT molecular complexity index is 771. The Morgan fingerprint density at radius 2 is 2.13 bits per heavy atom. The molecule has 1 atom stereocenters. The number of ether oxygens (including phenoxy) is 1. The molecular formula is C16H15BrN2O4. The topological polar surface area (TPSA) is 71.8 Å². The van der Waals surface area contributed by atoms with E-state index in [0.29, 0.717) is 28.3 Å². The summed E-state index contributed by atoms with van der Waals surface area (Å²) in [5.74, 6) is 0.356. The predicted molar refractivity (Wildman–Crippen MR) is 88.9 cm³/mol. The normalized spacial score (nSPS) is 16.7. The Balaban J connectivity index is 1.87. The third kappa shape index (κ3) is 2.96. The zero-order valence-electron chi connectivity index (χ0n) is 12.6. The Morgan fingerprint density at radius 1 is 1.35 bits per heavy atom. The van der Waals surface area contributed by atoms with Gasteiger partial charge >= 0.3 is 0 Å². The molecule has 0 saturated carbocycles. The number of benzene rings is 1. The lowest BCUT2D eigenvalue weighted by Gasteiger charge is -2.32. The van der Waals surface area contributed by atoms with Crippen molar-refractivity contribution in [2.75, 3.05) is 16.8 Å². The van der Waals surface area contributed by atoms with Gasteiger partial charge in [0, 0.05) is 12.2 Å². The molecule has 23 heavy (non-hydrogen) atoms. The quantitative estimate of drug-likeness (QED) is 0.887. The van der Waals surface area contributed by atoms with Crippen LogP contribution in [0.5, 0.6) is 5.75 Å². The molecule has 2 aromatic rings. The smallest absolute Gasteiger partial charge is 0.291 e. The van der Waals surface area contributed by atoms with Gasteiger partial charge in [-0.1, -0.05) is 0 Å². The molecule has 6 nitrogen and oxygen atoms in total. The number of halogens is 1. The van der Waals surface area contributed by atoms with Crippen LogP contribution < -0.4 is 15.0 Å². The van der Waals surface area contributed by atoms with Gasteiger partial charge in [0.1, 0.15) is 5.75 Å². The van der Waals surface area contributed by atoms with E-state index >= 15 is 0 Å². The molecule has 0 aliphatic carbocycles. The molecule has 1 aromatic heterocycles. The molecule has 1 aromatic carbocycles. The lowest BCUT2D eigenvalue weighted by Crippen LogP contribution is -2.44. The highest BCUT2D eigenvalue weighted by Crippen LogP contribution is 2.36. The van der Waals surface area contributed by atoms with E-state index in [0.717, 1.165) is 0 Å². The average molecular weight is 379 g/mol. The summed E-state index contributed by atoms with van der Waals surface area (Å²) in [7, 11) is 0. The van der Waals surface area contributed by atoms with Crippen molar-refractivity contribution in [1.82, 2.24) is 0 Å². The predicted octanol–water partition coefficient (Wildman–Crippen LogP) is 3.43. The number of nitrogens with zero attached hydrogens (tertiary/aromatic N) is 1. The zero-order chi connectivity index (χ0) is 16.6. The Labute approximate surface area is 141 Å². The van der Waals surface area contributed by atoms with E-state index in [-0.39, 0.29) is 17.6 Å². The van der Waals surface area contributed by atoms with E-state index < -0.39 is 6.10 Å². The van der Waals surface area contributed by atoms with Gasteiger partial charge in [0.25, 0.3) is 11.8 Å². The lowest BCUT2D eigenvalue weighted by molar-refractivity contribution is -0.125. The SMILES string of the molecule is CCN1C(=O)C(C)Oc2ccc(NC(=O)c3ccc(Br)o3)cc21. The third-order valence-electron chi connectivity index (χ3n) is 3.54. The van der Waals surface area contributed by atoms with Crippen molar-refractivity contribution in [3.63, 3.8) is 0 Å². The van der Waals surface area contributed by atoms with Gasteiger partial charge in [-0.3, -0.25) is 9.59 Å². The van der Waals surface area contributed by atoms with Crippen LogP contribution in [0.25, 0.3) is 0 Å². The number of likely N-dealkylation sites (N-methyl/N-ethyl adjacent to an activating group) is 1. The molecule has 1 unspecified atom stereocenters. The first-order chi connectivity index (χ1) is 11.0. The molecule has 1 N–H and O–H groups in total. The maximum absolute atomic E-state index is 12.2. The molecule has 0 saturated heterocycles. The minimum Gasteiger partial charge on any atom is -0.479 e. The van der Waals surface area contributed by atoms with Gasteiger partial charge in [-0.2, -0.15) is 0 Å². The first-order valence-electron chi connectivity index (χ1n) is 7.18. The van der Waals surface area contributed by atoms with Gasteiger partial charge < -0.3 is 19.4 Å². The van der Waals surface area contributed by atoms with E-state index in [1.165, 1.54) is 0 Å². The van der Waals surface area contributed by atoms with Crippen LogP contribution in [0.15, 0.2) is 39.4 Å². The van der Waals surface area contributed by atoms with Gasteiger partial charge in [0.05, 0.1) is 5.69 Å². The summed E-state index contributed by atoms with van der Waals surface area (Å²) >= 11 is 3.16. The van der Waals surface area contributed by atoms with Crippen LogP contribution >= 0.6 is 15.9 Å². The van der Waals surface area contributed by atoms with Crippen LogP contribution in [0.1, 0.15) is 24.4 Å². The highest BCUT2D eigenvalue weighted by atomic mass is 79.9. The highest BCUT2D eigenvalue weighted by Gasteiger charge is 2.30. The number of hydrogen-bond acceptors (Lipinski definition) is 4. The fourth-order valence-corrected chi connectivity index (χ4v) is 2.75. The molecule has 2 heterocycles. The molecule has 0 spiro atoms. The van der Waals surface area contributed by atoms with Crippen LogP contribution in [-0.4, -0.2) is 24.5 Å². The van der Waals surface area contributed by atoms with Crippen LogP contribution in [-0.2, 0) is 4.79 Å². The summed E-state index contributed by atoms with van der Waals surface area (Å²) in [4.78, 5) is 25.9. The maximum Gasteiger partial charge on any atom is 0.291 e. The van der Waals surface area contributed by atoms with Crippen LogP contribution in [0.4, 0.5) is 11.4 Å². The molecular weight excluding hydrogens is 364 g/mol. The Hall–Kier alpha value is -2.28. The van der Waals surface area contributed by atoms with Gasteiger partial charge in [0.15, 0.2) is 16.5 Å². The van der Waals surface area contributed by atoms with Crippen LogP contribution in [0, 0.1) is 0 Å². The fraction of sp³-hybridized carbons (Fsp3) is 0.250. The first kappa shape index (κ1) is 15.6. The molecule has 1 aliphatic rings. The number of anilines is 2. The van der Waals surface area contributed by atoms with Gasteiger partial charge in [-0.25, -0.2) is 0 Å². The minimum absolute atomic E-state index is 0.0987. The standard InChI is InChI=1S/C16H15BrN2O4/c1-3-19-11-8-10(4-5-12(11)22-9(2)16(19)21)18-15(20)13-6-7-14(17)23-13/h4-9H,3H2,1-2H3,(H,18,20). The molecule has 1 aliphatic heterocycles. The summed E-state index contributed by atoms with van der Waals surface area (Å²) < 4.78 is 11.3. The number of fused-ring (bicyclic) bond motifs is 1. The van der Waals surface area contributed by atoms with Gasteiger partial charge in [-0.05, 0) is 60.1 Å². The summed E-state index contributed by atoms with van der Waals surface area (Å²) in [5.41, 5.74) is 1.21. The van der Waals surface area contributed by atoms with E-state index in [1.54, 1.807) is 42.2 Å². The third-order valence-corrected chi connectivity index (χ3v) is 3.96. The summed E-state index contributed by atoms with van der Waals surface area (Å²) in [6, 6.07) is 8.41. The number of furan rings is 1. The fourth-order valence-electron chi connectivity index (χ4n) is 2.44. The molecule has 0 fully saturated rings. The first-order valence-corrected chi connectivity index (χ1v) is 7.97. The Morgan fingerprint density at radius 3 is 2.78 bits per heavy atom. The second-order valence-electron chi connectivity index (χ2n) is 5.08. The number of nitrogens with one attached hydrogen (secondary N) is 1. The summed E-state index contributed by atoms with van der Waals surface area (Å²) in [6.07, 6.45) is -0.511. The second-order valence-corrected chi connectivity index (χ2v) is 5.86. The zero-order valence-corrected chi connectivity index (χ0v) is 14.2. The monoisotopic (exact) mass is 378 g/mol. The molecule has 0 bridgehead atoms. The van der Waals surface area contributed by atoms with Gasteiger partial charge in [0.2, 0.25) is 0 Å². The highest BCUT2D eigenvalue weighted by molar-refractivity contribution is 9.10. The van der Waals surface area contributed by atoms with E-state index in [1.807, 2.05) is 6.92 Å². The van der Waals surface area contributed by atoms with Crippen molar-refractivity contribution in [2.45, 2.75) is 20.0 Å². The van der Waals surface area contributed by atoms with Crippen molar-refractivity contribution in [1.29, 1.82) is 0 Å². The van der Waals surface area contributed by atoms with Crippen LogP contribution in [0.2, 0.25) is 0 Å². The van der Waals surface area contributed by atoms with Crippen molar-refractivity contribution >= 4 is 39.1 Å². The molecule has 3 rings (SSSR count). The summed E-state index contributed by atoms with van der Waals surface area (Å²) in [6.45, 7) is 4.14. The lowest BCUT2D eigenvalue weighted by atomic mass is 10.1.